The Morgan fingerprint density at radius 3 is 2.68 bits per heavy atom. The van der Waals surface area contributed by atoms with Crippen LogP contribution < -0.4 is 5.32 Å². The fourth-order valence-corrected chi connectivity index (χ4v) is 3.71. The summed E-state index contributed by atoms with van der Waals surface area (Å²) >= 11 is 22.1. The zero-order valence-electron chi connectivity index (χ0n) is 14.1. The average molecular weight is 499 g/mol. The molecule has 0 fully saturated rings. The summed E-state index contributed by atoms with van der Waals surface area (Å²) in [6, 6.07) is 12.5. The zero-order chi connectivity index (χ0) is 19.8. The van der Waals surface area contributed by atoms with Gasteiger partial charge in [0.1, 0.15) is 5.82 Å². The average Bonchev–Trinajstić information content (AvgIpc) is 3.06. The van der Waals surface area contributed by atoms with Crippen LogP contribution in [0.3, 0.4) is 0 Å². The van der Waals surface area contributed by atoms with Gasteiger partial charge in [-0.15, -0.1) is 0 Å². The van der Waals surface area contributed by atoms with Crippen LogP contribution in [0.5, 0.6) is 0 Å². The predicted molar refractivity (Wildman–Crippen MR) is 117 cm³/mol. The van der Waals surface area contributed by atoms with Crippen molar-refractivity contribution in [2.75, 3.05) is 5.32 Å². The number of fused-ring (bicyclic) bond motifs is 1. The van der Waals surface area contributed by atoms with E-state index in [1.54, 1.807) is 28.9 Å². The van der Waals surface area contributed by atoms with Crippen molar-refractivity contribution in [2.45, 2.75) is 6.61 Å². The van der Waals surface area contributed by atoms with Crippen LogP contribution in [0.2, 0.25) is 15.1 Å². The second-order valence-corrected chi connectivity index (χ2v) is 7.99. The van der Waals surface area contributed by atoms with Gasteiger partial charge in [-0.25, -0.2) is 4.98 Å². The standard InChI is InChI=1S/C19H12BrCl3N4O/c20-13-8-24-27-17(25-11-4-5-14(21)10(6-11)9-28)7-16(26-19(13)27)12-2-1-3-15(22)18(12)23/h1-8,25,28H,9H2. The Hall–Kier alpha value is -1.83. The van der Waals surface area contributed by atoms with Gasteiger partial charge >= 0.3 is 0 Å². The third-order valence-electron chi connectivity index (χ3n) is 4.14. The smallest absolute Gasteiger partial charge is 0.172 e. The number of nitrogens with zero attached hydrogens (tertiary/aromatic N) is 3. The number of anilines is 2. The van der Waals surface area contributed by atoms with Crippen LogP contribution in [-0.2, 0) is 6.61 Å². The van der Waals surface area contributed by atoms with E-state index < -0.39 is 0 Å². The summed E-state index contributed by atoms with van der Waals surface area (Å²) in [5, 5.41) is 18.5. The van der Waals surface area contributed by atoms with E-state index in [1.165, 1.54) is 0 Å². The number of aromatic nitrogens is 3. The lowest BCUT2D eigenvalue weighted by molar-refractivity contribution is 0.282. The quantitative estimate of drug-likeness (QED) is 0.344. The molecule has 5 nitrogen and oxygen atoms in total. The Kier molecular flexibility index (Phi) is 5.49. The molecule has 0 radical (unpaired) electrons. The van der Waals surface area contributed by atoms with Crippen molar-refractivity contribution in [1.82, 2.24) is 14.6 Å². The Morgan fingerprint density at radius 1 is 1.07 bits per heavy atom. The highest BCUT2D eigenvalue weighted by atomic mass is 79.9. The summed E-state index contributed by atoms with van der Waals surface area (Å²) < 4.78 is 2.40. The first-order chi connectivity index (χ1) is 13.5. The first kappa shape index (κ1) is 19.5. The van der Waals surface area contributed by atoms with Crippen LogP contribution >= 0.6 is 50.7 Å². The van der Waals surface area contributed by atoms with E-state index in [0.717, 1.165) is 10.2 Å². The van der Waals surface area contributed by atoms with E-state index in [-0.39, 0.29) is 6.61 Å². The highest BCUT2D eigenvalue weighted by Gasteiger charge is 2.15. The van der Waals surface area contributed by atoms with Gasteiger partial charge in [0.05, 0.1) is 33.0 Å². The highest BCUT2D eigenvalue weighted by molar-refractivity contribution is 9.10. The molecule has 142 valence electrons. The van der Waals surface area contributed by atoms with Crippen molar-refractivity contribution in [1.29, 1.82) is 0 Å². The van der Waals surface area contributed by atoms with Crippen molar-refractivity contribution in [3.63, 3.8) is 0 Å². The molecule has 0 bridgehead atoms. The minimum Gasteiger partial charge on any atom is -0.392 e. The fraction of sp³-hybridized carbons (Fsp3) is 0.0526. The minimum atomic E-state index is -0.156. The molecule has 2 heterocycles. The molecule has 9 heteroatoms. The third kappa shape index (κ3) is 3.58. The van der Waals surface area contributed by atoms with E-state index >= 15 is 0 Å². The number of aliphatic hydroxyl groups is 1. The lowest BCUT2D eigenvalue weighted by Crippen LogP contribution is -2.03. The monoisotopic (exact) mass is 496 g/mol. The molecule has 0 aliphatic rings. The van der Waals surface area contributed by atoms with Crippen LogP contribution in [0.1, 0.15) is 5.56 Å². The molecule has 0 unspecified atom stereocenters. The first-order valence-electron chi connectivity index (χ1n) is 8.13. The molecule has 0 spiro atoms. The van der Waals surface area contributed by atoms with Gasteiger partial charge in [0, 0.05) is 22.3 Å². The van der Waals surface area contributed by atoms with Crippen molar-refractivity contribution in [3.05, 3.63) is 73.8 Å². The topological polar surface area (TPSA) is 62.5 Å². The predicted octanol–water partition coefficient (Wildman–Crippen LogP) is 6.35. The van der Waals surface area contributed by atoms with Crippen molar-refractivity contribution >= 4 is 67.9 Å². The third-order valence-corrected chi connectivity index (χ3v) is 5.89. The summed E-state index contributed by atoms with van der Waals surface area (Å²) in [7, 11) is 0. The van der Waals surface area contributed by atoms with Crippen molar-refractivity contribution in [2.24, 2.45) is 0 Å². The number of benzene rings is 2. The van der Waals surface area contributed by atoms with Gasteiger partial charge in [-0.05, 0) is 45.8 Å². The number of rotatable bonds is 4. The van der Waals surface area contributed by atoms with E-state index in [4.69, 9.17) is 34.8 Å². The molecule has 0 amide bonds. The fourth-order valence-electron chi connectivity index (χ4n) is 2.79. The van der Waals surface area contributed by atoms with E-state index in [0.29, 0.717) is 43.4 Å². The van der Waals surface area contributed by atoms with Gasteiger partial charge in [0.25, 0.3) is 0 Å². The molecular formula is C19H12BrCl3N4O. The van der Waals surface area contributed by atoms with Crippen LogP contribution in [0.25, 0.3) is 16.9 Å². The van der Waals surface area contributed by atoms with Crippen LogP contribution in [0.15, 0.2) is 53.1 Å². The normalized spacial score (nSPS) is 11.2. The maximum Gasteiger partial charge on any atom is 0.172 e. The molecule has 2 aromatic heterocycles. The SMILES string of the molecule is OCc1cc(Nc2cc(-c3cccc(Cl)c3Cl)nc3c(Br)cnn23)ccc1Cl. The maximum atomic E-state index is 9.46. The zero-order valence-corrected chi connectivity index (χ0v) is 18.0. The van der Waals surface area contributed by atoms with E-state index in [9.17, 15) is 5.11 Å². The van der Waals surface area contributed by atoms with Gasteiger partial charge in [-0.3, -0.25) is 0 Å². The number of halogens is 4. The summed E-state index contributed by atoms with van der Waals surface area (Å²) in [6.45, 7) is -0.156. The second kappa shape index (κ2) is 7.89. The van der Waals surface area contributed by atoms with Crippen molar-refractivity contribution in [3.8, 4) is 11.3 Å². The molecule has 0 saturated carbocycles. The second-order valence-electron chi connectivity index (χ2n) is 5.95. The van der Waals surface area contributed by atoms with E-state index in [2.05, 4.69) is 31.3 Å². The minimum absolute atomic E-state index is 0.156. The van der Waals surface area contributed by atoms with Gasteiger partial charge < -0.3 is 10.4 Å². The highest BCUT2D eigenvalue weighted by Crippen LogP contribution is 2.35. The number of aliphatic hydroxyl groups excluding tert-OH is 1. The van der Waals surface area contributed by atoms with Gasteiger partial charge in [-0.2, -0.15) is 9.61 Å². The van der Waals surface area contributed by atoms with Crippen molar-refractivity contribution < 1.29 is 5.11 Å². The first-order valence-corrected chi connectivity index (χ1v) is 10.1. The molecule has 4 rings (SSSR count). The number of hydrogen-bond donors (Lipinski definition) is 2. The van der Waals surface area contributed by atoms with Crippen LogP contribution in [-0.4, -0.2) is 19.7 Å². The Labute approximate surface area is 184 Å². The molecule has 2 N–H and O–H groups in total. The molecule has 28 heavy (non-hydrogen) atoms. The number of nitrogens with one attached hydrogen (secondary N) is 1. The van der Waals surface area contributed by atoms with Crippen LogP contribution in [0.4, 0.5) is 11.5 Å². The summed E-state index contributed by atoms with van der Waals surface area (Å²) in [4.78, 5) is 4.67. The summed E-state index contributed by atoms with van der Waals surface area (Å²) in [5.41, 5.74) is 3.33. The Morgan fingerprint density at radius 2 is 1.89 bits per heavy atom. The molecule has 4 aromatic rings. The molecule has 2 aromatic carbocycles. The van der Waals surface area contributed by atoms with E-state index in [1.807, 2.05) is 24.3 Å². The molecule has 0 aliphatic heterocycles. The van der Waals surface area contributed by atoms with Gasteiger partial charge in [0.2, 0.25) is 0 Å². The summed E-state index contributed by atoms with van der Waals surface area (Å²) in [5.74, 6) is 0.660. The molecule has 0 atom stereocenters. The largest absolute Gasteiger partial charge is 0.392 e. The Balaban J connectivity index is 1.87. The molecular weight excluding hydrogens is 486 g/mol. The molecule has 0 aliphatic carbocycles. The van der Waals surface area contributed by atoms with Gasteiger partial charge in [-0.1, -0.05) is 46.9 Å². The Bertz CT molecular complexity index is 1200. The lowest BCUT2D eigenvalue weighted by Gasteiger charge is -2.13. The maximum absolute atomic E-state index is 9.46. The van der Waals surface area contributed by atoms with Crippen LogP contribution in [0, 0.1) is 0 Å². The molecule has 0 saturated heterocycles. The number of hydrogen-bond acceptors (Lipinski definition) is 4. The summed E-state index contributed by atoms with van der Waals surface area (Å²) in [6.07, 6.45) is 1.66. The van der Waals surface area contributed by atoms with Gasteiger partial charge in [0.15, 0.2) is 5.65 Å². The lowest BCUT2D eigenvalue weighted by atomic mass is 10.1.